The average molecular weight is 283 g/mol. The van der Waals surface area contributed by atoms with Gasteiger partial charge in [0.1, 0.15) is 11.6 Å². The Labute approximate surface area is 116 Å². The lowest BCUT2D eigenvalue weighted by atomic mass is 10.2. The zero-order valence-corrected chi connectivity index (χ0v) is 11.8. The highest BCUT2D eigenvalue weighted by Crippen LogP contribution is 2.26. The Kier molecular flexibility index (Phi) is 4.47. The number of nitrogens with zero attached hydrogens (tertiary/aromatic N) is 3. The Balaban J connectivity index is 2.26. The Morgan fingerprint density at radius 1 is 1.63 bits per heavy atom. The van der Waals surface area contributed by atoms with Gasteiger partial charge in [-0.05, 0) is 6.92 Å². The van der Waals surface area contributed by atoms with E-state index in [4.69, 9.17) is 9.84 Å². The molecule has 2 heterocycles. The maximum Gasteiger partial charge on any atom is 0.305 e. The van der Waals surface area contributed by atoms with E-state index in [9.17, 15) is 4.79 Å². The number of aromatic nitrogens is 2. The number of methoxy groups -OCH3 is 1. The van der Waals surface area contributed by atoms with Crippen LogP contribution in [0.4, 0.5) is 5.82 Å². The molecule has 1 saturated heterocycles. The van der Waals surface area contributed by atoms with E-state index < -0.39 is 5.97 Å². The molecule has 1 N–H and O–H groups in total. The highest BCUT2D eigenvalue weighted by atomic mass is 32.2. The smallest absolute Gasteiger partial charge is 0.305 e. The lowest BCUT2D eigenvalue weighted by molar-refractivity contribution is -0.137. The lowest BCUT2D eigenvalue weighted by Crippen LogP contribution is -2.44. The Morgan fingerprint density at radius 2 is 2.42 bits per heavy atom. The monoisotopic (exact) mass is 283 g/mol. The lowest BCUT2D eigenvalue weighted by Gasteiger charge is -2.35. The third-order valence-electron chi connectivity index (χ3n) is 2.94. The van der Waals surface area contributed by atoms with Crippen LogP contribution in [-0.2, 0) is 4.79 Å². The van der Waals surface area contributed by atoms with Gasteiger partial charge in [-0.15, -0.1) is 0 Å². The topological polar surface area (TPSA) is 75.5 Å². The number of carbonyl (C=O) groups is 1. The second-order valence-electron chi connectivity index (χ2n) is 4.34. The van der Waals surface area contributed by atoms with Crippen molar-refractivity contribution in [1.29, 1.82) is 0 Å². The van der Waals surface area contributed by atoms with E-state index >= 15 is 0 Å². The number of carboxylic acid groups (broad SMARTS) is 1. The van der Waals surface area contributed by atoms with Crippen molar-refractivity contribution in [1.82, 2.24) is 9.97 Å². The van der Waals surface area contributed by atoms with Gasteiger partial charge in [0.15, 0.2) is 0 Å². The third-order valence-corrected chi connectivity index (χ3v) is 4.03. The van der Waals surface area contributed by atoms with Crippen molar-refractivity contribution in [2.75, 3.05) is 30.1 Å². The first-order valence-corrected chi connectivity index (χ1v) is 7.21. The standard InChI is InChI=1S/C12H17N3O3S/c1-8-13-10(6-11(14-8)18-2)15-3-4-19-7-9(15)5-12(16)17/h6,9H,3-5,7H2,1-2H3,(H,16,17). The summed E-state index contributed by atoms with van der Waals surface area (Å²) >= 11 is 1.78. The summed E-state index contributed by atoms with van der Waals surface area (Å²) in [4.78, 5) is 21.5. The summed E-state index contributed by atoms with van der Waals surface area (Å²) in [5.41, 5.74) is 0. The maximum atomic E-state index is 10.9. The molecule has 19 heavy (non-hydrogen) atoms. The molecule has 1 aliphatic heterocycles. The first kappa shape index (κ1) is 13.9. The predicted octanol–water partition coefficient (Wildman–Crippen LogP) is 1.19. The number of aryl methyl sites for hydroxylation is 1. The molecule has 7 heteroatoms. The van der Waals surface area contributed by atoms with Crippen LogP contribution in [0.3, 0.4) is 0 Å². The van der Waals surface area contributed by atoms with E-state index in [0.29, 0.717) is 11.7 Å². The van der Waals surface area contributed by atoms with Crippen LogP contribution in [0.1, 0.15) is 12.2 Å². The van der Waals surface area contributed by atoms with E-state index in [2.05, 4.69) is 9.97 Å². The van der Waals surface area contributed by atoms with Crippen LogP contribution < -0.4 is 9.64 Å². The molecule has 2 rings (SSSR count). The molecule has 0 radical (unpaired) electrons. The van der Waals surface area contributed by atoms with Crippen LogP contribution in [0.15, 0.2) is 6.07 Å². The summed E-state index contributed by atoms with van der Waals surface area (Å²) in [6.45, 7) is 2.60. The molecular weight excluding hydrogens is 266 g/mol. The molecule has 0 amide bonds. The van der Waals surface area contributed by atoms with Gasteiger partial charge in [-0.3, -0.25) is 4.79 Å². The highest BCUT2D eigenvalue weighted by molar-refractivity contribution is 7.99. The number of hydrogen-bond acceptors (Lipinski definition) is 6. The molecule has 1 fully saturated rings. The predicted molar refractivity (Wildman–Crippen MR) is 74.0 cm³/mol. The first-order valence-electron chi connectivity index (χ1n) is 6.06. The van der Waals surface area contributed by atoms with Gasteiger partial charge in [-0.25, -0.2) is 4.98 Å². The number of hydrogen-bond donors (Lipinski definition) is 1. The van der Waals surface area contributed by atoms with Gasteiger partial charge in [0, 0.05) is 30.2 Å². The Morgan fingerprint density at radius 3 is 3.11 bits per heavy atom. The summed E-state index contributed by atoms with van der Waals surface area (Å²) in [6.07, 6.45) is 0.123. The normalized spacial score (nSPS) is 19.3. The summed E-state index contributed by atoms with van der Waals surface area (Å²) in [5.74, 6) is 2.88. The third kappa shape index (κ3) is 3.50. The molecule has 0 spiro atoms. The Bertz CT molecular complexity index is 470. The molecule has 1 aromatic heterocycles. The van der Waals surface area contributed by atoms with E-state index in [0.717, 1.165) is 23.9 Å². The fraction of sp³-hybridized carbons (Fsp3) is 0.583. The zero-order chi connectivity index (χ0) is 13.8. The molecule has 0 bridgehead atoms. The largest absolute Gasteiger partial charge is 0.481 e. The van der Waals surface area contributed by atoms with Gasteiger partial charge in [-0.1, -0.05) is 0 Å². The summed E-state index contributed by atoms with van der Waals surface area (Å²) in [5, 5.41) is 8.99. The number of rotatable bonds is 4. The van der Waals surface area contributed by atoms with Gasteiger partial charge in [-0.2, -0.15) is 16.7 Å². The van der Waals surface area contributed by atoms with Gasteiger partial charge in [0.25, 0.3) is 0 Å². The molecule has 6 nitrogen and oxygen atoms in total. The van der Waals surface area contributed by atoms with Crippen molar-refractivity contribution >= 4 is 23.5 Å². The second-order valence-corrected chi connectivity index (χ2v) is 5.49. The summed E-state index contributed by atoms with van der Waals surface area (Å²) in [6, 6.07) is 1.73. The van der Waals surface area contributed by atoms with Crippen molar-refractivity contribution in [3.63, 3.8) is 0 Å². The minimum absolute atomic E-state index is 0.0322. The number of aliphatic carboxylic acids is 1. The zero-order valence-electron chi connectivity index (χ0n) is 11.0. The van der Waals surface area contributed by atoms with Crippen LogP contribution in [0.2, 0.25) is 0 Å². The van der Waals surface area contributed by atoms with Crippen LogP contribution >= 0.6 is 11.8 Å². The van der Waals surface area contributed by atoms with Crippen LogP contribution in [0, 0.1) is 6.92 Å². The van der Waals surface area contributed by atoms with Crippen LogP contribution in [-0.4, -0.2) is 52.2 Å². The van der Waals surface area contributed by atoms with Crippen molar-refractivity contribution in [2.24, 2.45) is 0 Å². The highest BCUT2D eigenvalue weighted by Gasteiger charge is 2.26. The van der Waals surface area contributed by atoms with Gasteiger partial charge < -0.3 is 14.7 Å². The molecule has 104 valence electrons. The van der Waals surface area contributed by atoms with Crippen molar-refractivity contribution in [3.05, 3.63) is 11.9 Å². The minimum Gasteiger partial charge on any atom is -0.481 e. The first-order chi connectivity index (χ1) is 9.10. The minimum atomic E-state index is -0.782. The summed E-state index contributed by atoms with van der Waals surface area (Å²) in [7, 11) is 1.56. The number of anilines is 1. The maximum absolute atomic E-state index is 10.9. The van der Waals surface area contributed by atoms with E-state index in [1.165, 1.54) is 0 Å². The van der Waals surface area contributed by atoms with Gasteiger partial charge in [0.2, 0.25) is 5.88 Å². The SMILES string of the molecule is COc1cc(N2CCSCC2CC(=O)O)nc(C)n1. The van der Waals surface area contributed by atoms with E-state index in [1.54, 1.807) is 31.9 Å². The quantitative estimate of drug-likeness (QED) is 0.889. The van der Waals surface area contributed by atoms with Crippen LogP contribution in [0.25, 0.3) is 0 Å². The van der Waals surface area contributed by atoms with Crippen molar-refractivity contribution in [2.45, 2.75) is 19.4 Å². The molecule has 1 atom stereocenters. The Hall–Kier alpha value is -1.50. The number of carboxylic acids is 1. The van der Waals surface area contributed by atoms with Gasteiger partial charge >= 0.3 is 5.97 Å². The fourth-order valence-corrected chi connectivity index (χ4v) is 3.17. The molecule has 0 aliphatic carbocycles. The molecule has 0 aromatic carbocycles. The number of thioether (sulfide) groups is 1. The molecule has 1 aromatic rings. The average Bonchev–Trinajstić information content (AvgIpc) is 2.38. The van der Waals surface area contributed by atoms with E-state index in [1.807, 2.05) is 4.90 Å². The fourth-order valence-electron chi connectivity index (χ4n) is 2.10. The van der Waals surface area contributed by atoms with Crippen LogP contribution in [0.5, 0.6) is 5.88 Å². The van der Waals surface area contributed by atoms with Crippen molar-refractivity contribution < 1.29 is 14.6 Å². The molecular formula is C12H17N3O3S. The van der Waals surface area contributed by atoms with Crippen molar-refractivity contribution in [3.8, 4) is 5.88 Å². The van der Waals surface area contributed by atoms with E-state index in [-0.39, 0.29) is 12.5 Å². The molecule has 1 unspecified atom stereocenters. The number of ether oxygens (including phenoxy) is 1. The summed E-state index contributed by atoms with van der Waals surface area (Å²) < 4.78 is 5.14. The second kappa shape index (κ2) is 6.10. The van der Waals surface area contributed by atoms with Gasteiger partial charge in [0.05, 0.1) is 13.5 Å². The molecule has 1 aliphatic rings. The molecule has 0 saturated carbocycles.